The molecule has 6 rings (SSSR count). The third-order valence-corrected chi connectivity index (χ3v) is 10.0. The summed E-state index contributed by atoms with van der Waals surface area (Å²) in [5.41, 5.74) is 2.41. The summed E-state index contributed by atoms with van der Waals surface area (Å²) >= 11 is 0. The predicted octanol–water partition coefficient (Wildman–Crippen LogP) is 3.44. The van der Waals surface area contributed by atoms with Crippen LogP contribution in [0.15, 0.2) is 18.2 Å². The molecule has 2 aromatic rings. The van der Waals surface area contributed by atoms with Crippen LogP contribution in [-0.4, -0.2) is 89.9 Å². The standard InChI is InChI=1S/C30H45N7O2/c1-31-24-4-6-25(7-5-24)36-16-9-21(10-17-36)20-35-14-11-22(12-15-35)23-3-8-26-27(19-23)34(2)33-29(26)37-18-13-28(38)32-30(37)39/h3,8,19,21-22,24-25,31H,4-7,9-18,20H2,1-2H3,(H,32,38,39). The van der Waals surface area contributed by atoms with Gasteiger partial charge in [-0.05, 0) is 114 Å². The highest BCUT2D eigenvalue weighted by Crippen LogP contribution is 2.34. The molecule has 3 aliphatic heterocycles. The highest BCUT2D eigenvalue weighted by atomic mass is 16.2. The number of piperidine rings is 2. The quantitative estimate of drug-likeness (QED) is 0.590. The number of rotatable bonds is 6. The van der Waals surface area contributed by atoms with Crippen LogP contribution in [0.4, 0.5) is 10.6 Å². The van der Waals surface area contributed by atoms with Crippen LogP contribution in [0.1, 0.15) is 69.3 Å². The van der Waals surface area contributed by atoms with E-state index in [9.17, 15) is 9.59 Å². The van der Waals surface area contributed by atoms with Crippen molar-refractivity contribution < 1.29 is 9.59 Å². The summed E-state index contributed by atoms with van der Waals surface area (Å²) < 4.78 is 1.87. The van der Waals surface area contributed by atoms with Gasteiger partial charge in [-0.25, -0.2) is 4.79 Å². The third kappa shape index (κ3) is 5.72. The summed E-state index contributed by atoms with van der Waals surface area (Å²) in [7, 11) is 4.04. The first kappa shape index (κ1) is 26.7. The summed E-state index contributed by atoms with van der Waals surface area (Å²) in [5.74, 6) is 1.82. The minimum Gasteiger partial charge on any atom is -0.317 e. The van der Waals surface area contributed by atoms with Gasteiger partial charge in [0, 0.05) is 44.0 Å². The second-order valence-electron chi connectivity index (χ2n) is 12.3. The van der Waals surface area contributed by atoms with E-state index in [2.05, 4.69) is 50.8 Å². The van der Waals surface area contributed by atoms with Crippen molar-refractivity contribution in [3.63, 3.8) is 0 Å². The molecule has 1 aromatic carbocycles. The lowest BCUT2D eigenvalue weighted by Gasteiger charge is -2.42. The molecule has 3 saturated heterocycles. The van der Waals surface area contributed by atoms with E-state index in [0.717, 1.165) is 28.9 Å². The molecule has 0 radical (unpaired) electrons. The Balaban J connectivity index is 1.00. The van der Waals surface area contributed by atoms with Gasteiger partial charge in [-0.1, -0.05) is 6.07 Å². The summed E-state index contributed by atoms with van der Waals surface area (Å²) in [6.07, 6.45) is 10.8. The van der Waals surface area contributed by atoms with Crippen LogP contribution >= 0.6 is 0 Å². The molecule has 0 unspecified atom stereocenters. The molecular weight excluding hydrogens is 490 g/mol. The Morgan fingerprint density at radius 2 is 1.69 bits per heavy atom. The SMILES string of the molecule is CNC1CCC(N2CCC(CN3CCC(c4ccc5c(N6CCC(=O)NC6=O)nn(C)c5c4)CC3)CC2)CC1. The van der Waals surface area contributed by atoms with E-state index in [1.165, 1.54) is 89.7 Å². The summed E-state index contributed by atoms with van der Waals surface area (Å²) in [5, 5.41) is 11.5. The molecule has 9 heteroatoms. The van der Waals surface area contributed by atoms with E-state index in [1.807, 2.05) is 11.7 Å². The minimum atomic E-state index is -0.384. The summed E-state index contributed by atoms with van der Waals surface area (Å²) in [6.45, 7) is 6.56. The van der Waals surface area contributed by atoms with Gasteiger partial charge in [0.25, 0.3) is 0 Å². The molecule has 0 atom stereocenters. The number of fused-ring (bicyclic) bond motifs is 1. The van der Waals surface area contributed by atoms with Crippen molar-refractivity contribution in [1.29, 1.82) is 0 Å². The van der Waals surface area contributed by atoms with Crippen molar-refractivity contribution in [3.05, 3.63) is 23.8 Å². The maximum absolute atomic E-state index is 12.4. The van der Waals surface area contributed by atoms with Gasteiger partial charge in [-0.2, -0.15) is 5.10 Å². The van der Waals surface area contributed by atoms with Gasteiger partial charge in [0.15, 0.2) is 5.82 Å². The van der Waals surface area contributed by atoms with E-state index in [4.69, 9.17) is 0 Å². The number of aryl methyl sites for hydroxylation is 1. The largest absolute Gasteiger partial charge is 0.329 e. The molecule has 9 nitrogen and oxygen atoms in total. The highest BCUT2D eigenvalue weighted by Gasteiger charge is 2.31. The van der Waals surface area contributed by atoms with Gasteiger partial charge in [0.1, 0.15) is 0 Å². The lowest BCUT2D eigenvalue weighted by atomic mass is 9.86. The fraction of sp³-hybridized carbons (Fsp3) is 0.700. The summed E-state index contributed by atoms with van der Waals surface area (Å²) in [4.78, 5) is 31.1. The molecule has 4 fully saturated rings. The van der Waals surface area contributed by atoms with E-state index in [-0.39, 0.29) is 11.9 Å². The number of urea groups is 1. The second kappa shape index (κ2) is 11.6. The van der Waals surface area contributed by atoms with Gasteiger partial charge in [0.05, 0.1) is 5.52 Å². The molecule has 0 bridgehead atoms. The van der Waals surface area contributed by atoms with Gasteiger partial charge in [-0.3, -0.25) is 19.7 Å². The van der Waals surface area contributed by atoms with Gasteiger partial charge < -0.3 is 15.1 Å². The number of anilines is 1. The van der Waals surface area contributed by atoms with Crippen LogP contribution in [0, 0.1) is 5.92 Å². The number of likely N-dealkylation sites (tertiary alicyclic amines) is 2. The Morgan fingerprint density at radius 1 is 0.949 bits per heavy atom. The number of nitrogens with one attached hydrogen (secondary N) is 2. The number of nitrogens with zero attached hydrogens (tertiary/aromatic N) is 5. The van der Waals surface area contributed by atoms with E-state index >= 15 is 0 Å². The van der Waals surface area contributed by atoms with Gasteiger partial charge in [-0.15, -0.1) is 0 Å². The van der Waals surface area contributed by atoms with Crippen molar-refractivity contribution in [3.8, 4) is 0 Å². The molecule has 4 heterocycles. The molecule has 39 heavy (non-hydrogen) atoms. The highest BCUT2D eigenvalue weighted by molar-refractivity contribution is 6.08. The third-order valence-electron chi connectivity index (χ3n) is 10.0. The Labute approximate surface area is 232 Å². The molecule has 3 amide bonds. The van der Waals surface area contributed by atoms with E-state index < -0.39 is 0 Å². The molecule has 0 spiro atoms. The monoisotopic (exact) mass is 535 g/mol. The first-order valence-corrected chi connectivity index (χ1v) is 15.2. The Morgan fingerprint density at radius 3 is 2.38 bits per heavy atom. The zero-order valence-corrected chi connectivity index (χ0v) is 23.7. The van der Waals surface area contributed by atoms with Crippen molar-refractivity contribution in [2.24, 2.45) is 13.0 Å². The number of aromatic nitrogens is 2. The number of hydrogen-bond donors (Lipinski definition) is 2. The normalized spacial score (nSPS) is 26.9. The first-order valence-electron chi connectivity index (χ1n) is 15.2. The number of imide groups is 1. The van der Waals surface area contributed by atoms with Crippen LogP contribution in [-0.2, 0) is 11.8 Å². The van der Waals surface area contributed by atoms with Crippen molar-refractivity contribution >= 4 is 28.7 Å². The van der Waals surface area contributed by atoms with Crippen molar-refractivity contribution in [2.75, 3.05) is 51.2 Å². The smallest absolute Gasteiger partial charge is 0.317 e. The molecule has 1 saturated carbocycles. The topological polar surface area (TPSA) is 85.7 Å². The molecule has 2 N–H and O–H groups in total. The average Bonchev–Trinajstić information content (AvgIpc) is 3.29. The Kier molecular flexibility index (Phi) is 7.91. The Bertz CT molecular complexity index is 1170. The molecule has 4 aliphatic rings. The zero-order valence-electron chi connectivity index (χ0n) is 23.7. The number of benzene rings is 1. The number of carbonyl (C=O) groups excluding carboxylic acids is 2. The predicted molar refractivity (Wildman–Crippen MR) is 154 cm³/mol. The van der Waals surface area contributed by atoms with Gasteiger partial charge >= 0.3 is 6.03 Å². The number of carbonyl (C=O) groups is 2. The lowest BCUT2D eigenvalue weighted by Crippen LogP contribution is -2.49. The number of amides is 3. The van der Waals surface area contributed by atoms with E-state index in [0.29, 0.717) is 24.7 Å². The molecule has 1 aliphatic carbocycles. The Hall–Kier alpha value is -2.49. The second-order valence-corrected chi connectivity index (χ2v) is 12.3. The van der Waals surface area contributed by atoms with Crippen LogP contribution in [0.3, 0.4) is 0 Å². The fourth-order valence-electron chi connectivity index (χ4n) is 7.52. The van der Waals surface area contributed by atoms with E-state index in [1.54, 1.807) is 4.90 Å². The summed E-state index contributed by atoms with van der Waals surface area (Å²) in [6, 6.07) is 7.77. The zero-order chi connectivity index (χ0) is 26.9. The molecule has 212 valence electrons. The maximum Gasteiger partial charge on any atom is 0.329 e. The first-order chi connectivity index (χ1) is 19.0. The maximum atomic E-state index is 12.4. The lowest BCUT2D eigenvalue weighted by molar-refractivity contribution is -0.120. The minimum absolute atomic E-state index is 0.224. The van der Waals surface area contributed by atoms with Gasteiger partial charge in [0.2, 0.25) is 5.91 Å². The van der Waals surface area contributed by atoms with Crippen molar-refractivity contribution in [2.45, 2.75) is 75.8 Å². The van der Waals surface area contributed by atoms with Crippen LogP contribution in [0.5, 0.6) is 0 Å². The van der Waals surface area contributed by atoms with Crippen LogP contribution in [0.25, 0.3) is 10.9 Å². The molecule has 1 aromatic heterocycles. The van der Waals surface area contributed by atoms with Crippen molar-refractivity contribution in [1.82, 2.24) is 30.2 Å². The van der Waals surface area contributed by atoms with Crippen LogP contribution in [0.2, 0.25) is 0 Å². The molecular formula is C30H45N7O2. The number of hydrogen-bond acceptors (Lipinski definition) is 6. The fourth-order valence-corrected chi connectivity index (χ4v) is 7.52. The van der Waals surface area contributed by atoms with Crippen LogP contribution < -0.4 is 15.5 Å². The average molecular weight is 536 g/mol.